The van der Waals surface area contributed by atoms with E-state index in [1.807, 2.05) is 24.3 Å². The molecule has 0 saturated heterocycles. The van der Waals surface area contributed by atoms with E-state index in [-0.39, 0.29) is 0 Å². The molecule has 0 radical (unpaired) electrons. The number of aliphatic carboxylic acids is 1. The van der Waals surface area contributed by atoms with Gasteiger partial charge in [-0.2, -0.15) is 0 Å². The van der Waals surface area contributed by atoms with Crippen LogP contribution in [0.15, 0.2) is 25.2 Å². The Bertz CT molecular complexity index is 226. The van der Waals surface area contributed by atoms with Crippen LogP contribution in [-0.4, -0.2) is 45.8 Å². The number of hydrogen-bond acceptors (Lipinski definition) is 4. The third kappa shape index (κ3) is 5.21. The van der Waals surface area contributed by atoms with E-state index in [0.717, 1.165) is 6.67 Å². The van der Waals surface area contributed by atoms with Crippen molar-refractivity contribution < 1.29 is 15.0 Å². The van der Waals surface area contributed by atoms with E-state index in [4.69, 9.17) is 10.2 Å². The average Bonchev–Trinajstić information content (AvgIpc) is 2.52. The fourth-order valence-electron chi connectivity index (χ4n) is 0.670. The third-order valence-electron chi connectivity index (χ3n) is 1.49. The molecule has 0 aromatic heterocycles. The van der Waals surface area contributed by atoms with Crippen molar-refractivity contribution in [1.82, 2.24) is 9.80 Å². The second kappa shape index (κ2) is 6.04. The van der Waals surface area contributed by atoms with Crippen molar-refractivity contribution in [3.8, 4) is 0 Å². The van der Waals surface area contributed by atoms with E-state index in [1.54, 1.807) is 6.20 Å². The molecule has 5 heteroatoms. The van der Waals surface area contributed by atoms with Crippen LogP contribution in [0.5, 0.6) is 0 Å². The van der Waals surface area contributed by atoms with Crippen LogP contribution in [0.1, 0.15) is 6.92 Å². The third-order valence-corrected chi connectivity index (χ3v) is 1.49. The summed E-state index contributed by atoms with van der Waals surface area (Å²) in [4.78, 5) is 13.5. The molecule has 1 rings (SSSR count). The molecule has 1 unspecified atom stereocenters. The molecule has 1 heterocycles. The van der Waals surface area contributed by atoms with Crippen LogP contribution in [-0.2, 0) is 4.79 Å². The quantitative estimate of drug-likeness (QED) is 0.669. The van der Waals surface area contributed by atoms with Crippen molar-refractivity contribution in [2.75, 3.05) is 13.7 Å². The van der Waals surface area contributed by atoms with E-state index in [1.165, 1.54) is 6.92 Å². The van der Waals surface area contributed by atoms with Gasteiger partial charge in [0.1, 0.15) is 6.10 Å². The van der Waals surface area contributed by atoms with Gasteiger partial charge in [0, 0.05) is 19.4 Å². The minimum absolute atomic E-state index is 0.934. The highest BCUT2D eigenvalue weighted by Crippen LogP contribution is 2.01. The summed E-state index contributed by atoms with van der Waals surface area (Å²) >= 11 is 0. The zero-order chi connectivity index (χ0) is 11.1. The normalized spacial score (nSPS) is 15.9. The van der Waals surface area contributed by atoms with Gasteiger partial charge in [0.25, 0.3) is 0 Å². The van der Waals surface area contributed by atoms with Gasteiger partial charge in [0.15, 0.2) is 0 Å². The predicted molar refractivity (Wildman–Crippen MR) is 53.1 cm³/mol. The van der Waals surface area contributed by atoms with Gasteiger partial charge in [0.05, 0.1) is 6.67 Å². The molecular weight excluding hydrogens is 184 g/mol. The van der Waals surface area contributed by atoms with Crippen molar-refractivity contribution in [3.05, 3.63) is 25.2 Å². The zero-order valence-electron chi connectivity index (χ0n) is 8.42. The average molecular weight is 200 g/mol. The molecule has 80 valence electrons. The van der Waals surface area contributed by atoms with Crippen LogP contribution in [0.3, 0.4) is 0 Å². The maximum absolute atomic E-state index is 9.45. The number of hydrogen-bond donors (Lipinski definition) is 2. The zero-order valence-corrected chi connectivity index (χ0v) is 8.42. The van der Waals surface area contributed by atoms with Crippen molar-refractivity contribution in [3.63, 3.8) is 0 Å². The number of rotatable bonds is 2. The molecule has 0 fully saturated rings. The van der Waals surface area contributed by atoms with E-state index >= 15 is 0 Å². The highest BCUT2D eigenvalue weighted by Gasteiger charge is 2.02. The number of carbonyl (C=O) groups is 1. The molecule has 0 saturated carbocycles. The number of carboxylic acids is 1. The smallest absolute Gasteiger partial charge is 0.332 e. The Hall–Kier alpha value is -1.49. The van der Waals surface area contributed by atoms with Crippen LogP contribution < -0.4 is 0 Å². The topological polar surface area (TPSA) is 64.0 Å². The largest absolute Gasteiger partial charge is 0.479 e. The Labute approximate surface area is 83.5 Å². The highest BCUT2D eigenvalue weighted by atomic mass is 16.4. The lowest BCUT2D eigenvalue weighted by molar-refractivity contribution is -0.145. The summed E-state index contributed by atoms with van der Waals surface area (Å²) in [6.07, 6.45) is 4.58. The fraction of sp³-hybridized carbons (Fsp3) is 0.444. The second-order valence-electron chi connectivity index (χ2n) is 2.91. The lowest BCUT2D eigenvalue weighted by Gasteiger charge is -2.11. The fourth-order valence-corrected chi connectivity index (χ4v) is 0.670. The lowest BCUT2D eigenvalue weighted by atomic mass is 10.4. The van der Waals surface area contributed by atoms with Crippen molar-refractivity contribution in [1.29, 1.82) is 0 Å². The number of nitrogens with zero attached hydrogens (tertiary/aromatic N) is 2. The molecule has 0 bridgehead atoms. The Morgan fingerprint density at radius 2 is 2.14 bits per heavy atom. The number of aliphatic hydroxyl groups excluding tert-OH is 1. The molecule has 1 aliphatic heterocycles. The van der Waals surface area contributed by atoms with Gasteiger partial charge < -0.3 is 20.0 Å². The van der Waals surface area contributed by atoms with Crippen LogP contribution in [0, 0.1) is 0 Å². The summed E-state index contributed by atoms with van der Waals surface area (Å²) in [7, 11) is 2.03. The maximum atomic E-state index is 9.45. The molecule has 0 spiro atoms. The monoisotopic (exact) mass is 200 g/mol. The van der Waals surface area contributed by atoms with E-state index in [0.29, 0.717) is 0 Å². The van der Waals surface area contributed by atoms with Crippen LogP contribution in [0.25, 0.3) is 0 Å². The van der Waals surface area contributed by atoms with Crippen molar-refractivity contribution in [2.24, 2.45) is 0 Å². The van der Waals surface area contributed by atoms with Crippen molar-refractivity contribution >= 4 is 5.97 Å². The maximum Gasteiger partial charge on any atom is 0.332 e. The molecule has 5 nitrogen and oxygen atoms in total. The standard InChI is InChI=1S/C6H10N2.C3H6O3/c1-3-8-5-4-7(2)6-8;1-2(4)3(5)6/h3-5H,1,6H2,2H3;2,4H,1H3,(H,5,6). The first-order valence-electron chi connectivity index (χ1n) is 4.15. The van der Waals surface area contributed by atoms with Gasteiger partial charge >= 0.3 is 5.97 Å². The van der Waals surface area contributed by atoms with Crippen LogP contribution in [0.4, 0.5) is 0 Å². The SMILES string of the molecule is C=CN1C=CN(C)C1.CC(O)C(=O)O. The van der Waals surface area contributed by atoms with Gasteiger partial charge in [-0.1, -0.05) is 6.58 Å². The summed E-state index contributed by atoms with van der Waals surface area (Å²) in [6, 6.07) is 0. The lowest BCUT2D eigenvalue weighted by Crippen LogP contribution is -2.16. The minimum atomic E-state index is -1.23. The van der Waals surface area contributed by atoms with E-state index in [2.05, 4.69) is 11.5 Å². The van der Waals surface area contributed by atoms with Gasteiger partial charge in [-0.15, -0.1) is 0 Å². The summed E-state index contributed by atoms with van der Waals surface area (Å²) < 4.78 is 0. The molecule has 0 amide bonds. The van der Waals surface area contributed by atoms with Gasteiger partial charge in [-0.05, 0) is 13.1 Å². The Balaban J connectivity index is 0.000000255. The Kier molecular flexibility index (Phi) is 5.40. The first kappa shape index (κ1) is 12.5. The highest BCUT2D eigenvalue weighted by molar-refractivity contribution is 5.71. The van der Waals surface area contributed by atoms with Gasteiger partial charge in [-0.25, -0.2) is 4.79 Å². The first-order valence-corrected chi connectivity index (χ1v) is 4.15. The molecule has 2 N–H and O–H groups in total. The Morgan fingerprint density at radius 3 is 2.29 bits per heavy atom. The molecule has 1 atom stereocenters. The summed E-state index contributed by atoms with van der Waals surface area (Å²) in [5.41, 5.74) is 0. The van der Waals surface area contributed by atoms with E-state index < -0.39 is 12.1 Å². The van der Waals surface area contributed by atoms with Gasteiger partial charge in [0.2, 0.25) is 0 Å². The van der Waals surface area contributed by atoms with Crippen LogP contribution >= 0.6 is 0 Å². The van der Waals surface area contributed by atoms with E-state index in [9.17, 15) is 4.79 Å². The number of aliphatic hydroxyl groups is 1. The summed E-state index contributed by atoms with van der Waals surface area (Å²) in [6.45, 7) is 5.76. The molecule has 0 aliphatic carbocycles. The Morgan fingerprint density at radius 1 is 1.64 bits per heavy atom. The second-order valence-corrected chi connectivity index (χ2v) is 2.91. The van der Waals surface area contributed by atoms with Gasteiger partial charge in [-0.3, -0.25) is 0 Å². The summed E-state index contributed by atoms with van der Waals surface area (Å²) in [5.74, 6) is -1.19. The predicted octanol–water partition coefficient (Wildman–Crippen LogP) is 0.258. The molecule has 0 aromatic rings. The van der Waals surface area contributed by atoms with Crippen molar-refractivity contribution in [2.45, 2.75) is 13.0 Å². The number of carboxylic acid groups (broad SMARTS) is 1. The molecular formula is C9H16N2O3. The molecule has 14 heavy (non-hydrogen) atoms. The first-order chi connectivity index (χ1) is 6.47. The molecule has 0 aromatic carbocycles. The minimum Gasteiger partial charge on any atom is -0.479 e. The summed E-state index contributed by atoms with van der Waals surface area (Å²) in [5, 5.41) is 15.8. The molecule has 1 aliphatic rings. The van der Waals surface area contributed by atoms with Crippen LogP contribution in [0.2, 0.25) is 0 Å².